The molecule has 5 nitrogen and oxygen atoms in total. The molecule has 5 rings (SSSR count). The first-order valence-electron chi connectivity index (χ1n) is 8.58. The van der Waals surface area contributed by atoms with Crippen molar-refractivity contribution in [2.75, 3.05) is 5.32 Å². The zero-order chi connectivity index (χ0) is 17.7. The summed E-state index contributed by atoms with van der Waals surface area (Å²) in [7, 11) is 0. The lowest BCUT2D eigenvalue weighted by Crippen LogP contribution is -2.19. The van der Waals surface area contributed by atoms with Gasteiger partial charge < -0.3 is 14.8 Å². The summed E-state index contributed by atoms with van der Waals surface area (Å²) in [4.78, 5) is 8.92. The number of halogens is 2. The largest absolute Gasteiger partial charge is 0.423 e. The Hall–Kier alpha value is -2.34. The van der Waals surface area contributed by atoms with Crippen LogP contribution in [0.4, 0.5) is 11.7 Å². The highest BCUT2D eigenvalue weighted by atomic mass is 35.5. The number of oxazole rings is 1. The van der Waals surface area contributed by atoms with E-state index < -0.39 is 0 Å². The predicted molar refractivity (Wildman–Crippen MR) is 109 cm³/mol. The summed E-state index contributed by atoms with van der Waals surface area (Å²) < 4.78 is 5.98. The van der Waals surface area contributed by atoms with E-state index in [-0.39, 0.29) is 18.5 Å². The van der Waals surface area contributed by atoms with Crippen LogP contribution in [0.15, 0.2) is 47.0 Å². The molecule has 2 N–H and O–H groups in total. The van der Waals surface area contributed by atoms with Gasteiger partial charge in [-0.2, -0.15) is 4.98 Å². The van der Waals surface area contributed by atoms with E-state index in [2.05, 4.69) is 21.4 Å². The SMILES string of the molecule is Cl.O[C@H]1CCc2cccc(Nc3nc4cnc5cc(Cl)ccc5c4o3)c2C1. The van der Waals surface area contributed by atoms with Gasteiger partial charge in [0.25, 0.3) is 6.01 Å². The van der Waals surface area contributed by atoms with Gasteiger partial charge in [0.2, 0.25) is 0 Å². The Kier molecular flexibility index (Phi) is 4.68. The molecule has 0 spiro atoms. The van der Waals surface area contributed by atoms with Crippen LogP contribution in [0.3, 0.4) is 0 Å². The number of rotatable bonds is 2. The van der Waals surface area contributed by atoms with Crippen LogP contribution in [-0.2, 0) is 12.8 Å². The summed E-state index contributed by atoms with van der Waals surface area (Å²) in [6.07, 6.45) is 3.72. The average molecular weight is 402 g/mol. The number of pyridine rings is 1. The van der Waals surface area contributed by atoms with Crippen LogP contribution < -0.4 is 5.32 Å². The predicted octanol–water partition coefficient (Wildman–Crippen LogP) is 5.04. The van der Waals surface area contributed by atoms with Crippen molar-refractivity contribution in [3.63, 3.8) is 0 Å². The Morgan fingerprint density at radius 2 is 2.07 bits per heavy atom. The second kappa shape index (κ2) is 7.00. The first kappa shape index (κ1) is 18.0. The minimum Gasteiger partial charge on any atom is -0.423 e. The van der Waals surface area contributed by atoms with Crippen molar-refractivity contribution in [2.45, 2.75) is 25.4 Å². The van der Waals surface area contributed by atoms with Gasteiger partial charge in [-0.1, -0.05) is 23.7 Å². The van der Waals surface area contributed by atoms with Crippen molar-refractivity contribution in [1.29, 1.82) is 0 Å². The summed E-state index contributed by atoms with van der Waals surface area (Å²) >= 11 is 6.04. The zero-order valence-corrected chi connectivity index (χ0v) is 15.8. The molecule has 0 amide bonds. The Morgan fingerprint density at radius 1 is 1.19 bits per heavy atom. The van der Waals surface area contributed by atoms with Gasteiger partial charge in [-0.3, -0.25) is 4.98 Å². The minimum atomic E-state index is -0.299. The molecule has 0 bridgehead atoms. The number of nitrogens with zero attached hydrogens (tertiary/aromatic N) is 2. The molecule has 138 valence electrons. The third kappa shape index (κ3) is 3.23. The van der Waals surface area contributed by atoms with Crippen molar-refractivity contribution in [3.8, 4) is 0 Å². The van der Waals surface area contributed by atoms with Crippen LogP contribution >= 0.6 is 24.0 Å². The second-order valence-corrected chi connectivity index (χ2v) is 7.05. The number of hydrogen-bond acceptors (Lipinski definition) is 5. The lowest BCUT2D eigenvalue weighted by molar-refractivity contribution is 0.159. The van der Waals surface area contributed by atoms with Gasteiger partial charge in [0.15, 0.2) is 5.58 Å². The van der Waals surface area contributed by atoms with Crippen molar-refractivity contribution < 1.29 is 9.52 Å². The second-order valence-electron chi connectivity index (χ2n) is 6.62. The van der Waals surface area contributed by atoms with Gasteiger partial charge in [0, 0.05) is 22.5 Å². The molecule has 2 aromatic carbocycles. The molecule has 0 aliphatic heterocycles. The molecule has 27 heavy (non-hydrogen) atoms. The lowest BCUT2D eigenvalue weighted by atomic mass is 9.88. The van der Waals surface area contributed by atoms with Crippen LogP contribution in [0, 0.1) is 0 Å². The van der Waals surface area contributed by atoms with Gasteiger partial charge >= 0.3 is 0 Å². The number of hydrogen-bond donors (Lipinski definition) is 2. The summed E-state index contributed by atoms with van der Waals surface area (Å²) in [5, 5.41) is 14.8. The van der Waals surface area contributed by atoms with E-state index in [1.807, 2.05) is 24.3 Å². The number of fused-ring (bicyclic) bond motifs is 4. The maximum Gasteiger partial charge on any atom is 0.300 e. The molecule has 1 aliphatic carbocycles. The number of aliphatic hydroxyl groups excluding tert-OH is 1. The molecule has 2 heterocycles. The van der Waals surface area contributed by atoms with Crippen LogP contribution in [0.25, 0.3) is 22.0 Å². The highest BCUT2D eigenvalue weighted by Crippen LogP contribution is 2.32. The minimum absolute atomic E-state index is 0. The van der Waals surface area contributed by atoms with Crippen LogP contribution in [0.5, 0.6) is 0 Å². The summed E-state index contributed by atoms with van der Waals surface area (Å²) in [6.45, 7) is 0. The molecule has 4 aromatic rings. The van der Waals surface area contributed by atoms with E-state index in [0.29, 0.717) is 28.6 Å². The summed E-state index contributed by atoms with van der Waals surface area (Å²) in [5.41, 5.74) is 5.45. The Bertz CT molecular complexity index is 1140. The lowest BCUT2D eigenvalue weighted by Gasteiger charge is -2.23. The van der Waals surface area contributed by atoms with E-state index >= 15 is 0 Å². The maximum absolute atomic E-state index is 10.0. The smallest absolute Gasteiger partial charge is 0.300 e. The molecule has 0 radical (unpaired) electrons. The number of benzene rings is 2. The maximum atomic E-state index is 10.0. The zero-order valence-electron chi connectivity index (χ0n) is 14.3. The highest BCUT2D eigenvalue weighted by Gasteiger charge is 2.20. The van der Waals surface area contributed by atoms with Crippen molar-refractivity contribution in [3.05, 3.63) is 58.7 Å². The topological polar surface area (TPSA) is 71.2 Å². The number of aryl methyl sites for hydroxylation is 1. The van der Waals surface area contributed by atoms with E-state index in [1.165, 1.54) is 5.56 Å². The number of aromatic nitrogens is 2. The summed E-state index contributed by atoms with van der Waals surface area (Å²) in [5.74, 6) is 0. The molecular formula is C20H17Cl2N3O2. The fourth-order valence-corrected chi connectivity index (χ4v) is 3.77. The first-order chi connectivity index (χ1) is 12.7. The third-order valence-electron chi connectivity index (χ3n) is 4.88. The first-order valence-corrected chi connectivity index (χ1v) is 8.96. The van der Waals surface area contributed by atoms with Gasteiger partial charge in [0.1, 0.15) is 5.52 Å². The number of anilines is 2. The van der Waals surface area contributed by atoms with Crippen LogP contribution in [0.2, 0.25) is 5.02 Å². The van der Waals surface area contributed by atoms with E-state index in [9.17, 15) is 5.11 Å². The molecule has 0 saturated heterocycles. The average Bonchev–Trinajstić information content (AvgIpc) is 3.05. The Balaban J connectivity index is 0.00000180. The van der Waals surface area contributed by atoms with Gasteiger partial charge in [-0.25, -0.2) is 0 Å². The molecule has 2 aromatic heterocycles. The molecule has 7 heteroatoms. The van der Waals surface area contributed by atoms with E-state index in [4.69, 9.17) is 16.0 Å². The molecule has 0 saturated carbocycles. The Morgan fingerprint density at radius 3 is 2.96 bits per heavy atom. The quantitative estimate of drug-likeness (QED) is 0.491. The highest BCUT2D eigenvalue weighted by molar-refractivity contribution is 6.31. The Labute approximate surface area is 166 Å². The van der Waals surface area contributed by atoms with E-state index in [0.717, 1.165) is 35.0 Å². The molecule has 1 atom stereocenters. The van der Waals surface area contributed by atoms with Crippen molar-refractivity contribution in [1.82, 2.24) is 9.97 Å². The van der Waals surface area contributed by atoms with Crippen molar-refractivity contribution in [2.24, 2.45) is 0 Å². The number of nitrogens with one attached hydrogen (secondary N) is 1. The molecule has 0 fully saturated rings. The molecule has 1 aliphatic rings. The fraction of sp³-hybridized carbons (Fsp3) is 0.200. The van der Waals surface area contributed by atoms with Gasteiger partial charge in [-0.15, -0.1) is 12.4 Å². The van der Waals surface area contributed by atoms with E-state index in [1.54, 1.807) is 12.3 Å². The van der Waals surface area contributed by atoms with Crippen molar-refractivity contribution >= 4 is 57.7 Å². The standard InChI is InChI=1S/C20H16ClN3O2.ClH/c21-12-5-7-14-17(8-12)22-10-18-19(14)26-20(24-18)23-16-3-1-2-11-4-6-13(25)9-15(11)16;/h1-3,5,7-8,10,13,25H,4,6,9H2,(H,23,24);1H/t13-;/m0./s1. The van der Waals surface area contributed by atoms with Gasteiger partial charge in [0.05, 0.1) is 17.8 Å². The van der Waals surface area contributed by atoms with Crippen LogP contribution in [0.1, 0.15) is 17.5 Å². The van der Waals surface area contributed by atoms with Gasteiger partial charge in [-0.05, 0) is 48.2 Å². The monoisotopic (exact) mass is 401 g/mol. The number of aliphatic hydroxyl groups is 1. The molecular weight excluding hydrogens is 385 g/mol. The van der Waals surface area contributed by atoms with Crippen LogP contribution in [-0.4, -0.2) is 21.2 Å². The summed E-state index contributed by atoms with van der Waals surface area (Å²) in [6, 6.07) is 12.0. The normalized spacial score (nSPS) is 16.1. The third-order valence-corrected chi connectivity index (χ3v) is 5.12. The molecule has 0 unspecified atom stereocenters. The fourth-order valence-electron chi connectivity index (χ4n) is 3.60.